The van der Waals surface area contributed by atoms with Crippen molar-refractivity contribution in [3.05, 3.63) is 86.3 Å². The topological polar surface area (TPSA) is 30.5 Å². The molecule has 146 valence electrons. The monoisotopic (exact) mass is 459 g/mol. The molecule has 1 N–H and O–H groups in total. The van der Waals surface area contributed by atoms with Crippen molar-refractivity contribution >= 4 is 33.2 Å². The third-order valence-corrected chi connectivity index (χ3v) is 5.64. The summed E-state index contributed by atoms with van der Waals surface area (Å²) in [5.41, 5.74) is 5.32. The summed E-state index contributed by atoms with van der Waals surface area (Å²) >= 11 is 9.89. The van der Waals surface area contributed by atoms with E-state index in [4.69, 9.17) is 21.1 Å². The summed E-state index contributed by atoms with van der Waals surface area (Å²) < 4.78 is 12.7. The Morgan fingerprint density at radius 2 is 1.86 bits per heavy atom. The highest BCUT2D eigenvalue weighted by atomic mass is 79.9. The second-order valence-corrected chi connectivity index (χ2v) is 7.91. The molecule has 0 saturated heterocycles. The van der Waals surface area contributed by atoms with Gasteiger partial charge in [0.2, 0.25) is 0 Å². The minimum Gasteiger partial charge on any atom is -0.493 e. The lowest BCUT2D eigenvalue weighted by Gasteiger charge is -2.18. The van der Waals surface area contributed by atoms with Gasteiger partial charge in [0, 0.05) is 27.3 Å². The van der Waals surface area contributed by atoms with Crippen LogP contribution in [0.3, 0.4) is 0 Å². The Kier molecular flexibility index (Phi) is 6.87. The van der Waals surface area contributed by atoms with E-state index in [1.807, 2.05) is 43.3 Å². The van der Waals surface area contributed by atoms with E-state index >= 15 is 0 Å². The van der Waals surface area contributed by atoms with Crippen molar-refractivity contribution in [1.82, 2.24) is 0 Å². The third-order valence-electron chi connectivity index (χ3n) is 4.49. The van der Waals surface area contributed by atoms with Gasteiger partial charge in [-0.15, -0.1) is 0 Å². The fraction of sp³-hybridized carbons (Fsp3) is 0.217. The number of hydrogen-bond acceptors (Lipinski definition) is 3. The van der Waals surface area contributed by atoms with Crippen molar-refractivity contribution in [3.63, 3.8) is 0 Å². The van der Waals surface area contributed by atoms with Crippen LogP contribution < -0.4 is 14.8 Å². The number of benzene rings is 3. The van der Waals surface area contributed by atoms with Crippen LogP contribution in [0.1, 0.15) is 22.3 Å². The lowest BCUT2D eigenvalue weighted by molar-refractivity contribution is 0.281. The summed E-state index contributed by atoms with van der Waals surface area (Å²) in [6, 6.07) is 18.1. The average Bonchev–Trinajstić information content (AvgIpc) is 2.68. The van der Waals surface area contributed by atoms with Crippen LogP contribution in [0.4, 0.5) is 5.69 Å². The fourth-order valence-electron chi connectivity index (χ4n) is 2.92. The number of ether oxygens (including phenoxy) is 2. The largest absolute Gasteiger partial charge is 0.493 e. The smallest absolute Gasteiger partial charge is 0.167 e. The molecule has 3 rings (SSSR count). The molecule has 0 spiro atoms. The molecule has 0 aromatic heterocycles. The van der Waals surface area contributed by atoms with Gasteiger partial charge in [0.05, 0.1) is 7.11 Å². The maximum Gasteiger partial charge on any atom is 0.167 e. The summed E-state index contributed by atoms with van der Waals surface area (Å²) in [6.45, 7) is 5.10. The number of halogens is 2. The lowest BCUT2D eigenvalue weighted by atomic mass is 10.1. The van der Waals surface area contributed by atoms with Crippen LogP contribution in [-0.2, 0) is 13.2 Å². The minimum absolute atomic E-state index is 0.470. The first kappa shape index (κ1) is 20.6. The second kappa shape index (κ2) is 9.35. The fourth-order valence-corrected chi connectivity index (χ4v) is 3.55. The molecule has 0 bridgehead atoms. The number of aryl methyl sites for hydroxylation is 2. The highest BCUT2D eigenvalue weighted by Crippen LogP contribution is 2.37. The third kappa shape index (κ3) is 5.00. The van der Waals surface area contributed by atoms with Gasteiger partial charge in [0.25, 0.3) is 0 Å². The summed E-state index contributed by atoms with van der Waals surface area (Å²) in [7, 11) is 1.65. The van der Waals surface area contributed by atoms with Gasteiger partial charge < -0.3 is 14.8 Å². The van der Waals surface area contributed by atoms with Crippen molar-refractivity contribution in [1.29, 1.82) is 0 Å². The van der Waals surface area contributed by atoms with E-state index < -0.39 is 0 Å². The molecular formula is C23H23BrClNO2. The van der Waals surface area contributed by atoms with E-state index in [9.17, 15) is 0 Å². The zero-order valence-corrected chi connectivity index (χ0v) is 18.5. The number of nitrogens with one attached hydrogen (secondary N) is 1. The van der Waals surface area contributed by atoms with Gasteiger partial charge in [-0.3, -0.25) is 0 Å². The highest BCUT2D eigenvalue weighted by Gasteiger charge is 2.15. The first-order valence-electron chi connectivity index (χ1n) is 9.01. The van der Waals surface area contributed by atoms with Gasteiger partial charge in [-0.1, -0.05) is 63.4 Å². The maximum atomic E-state index is 6.24. The van der Waals surface area contributed by atoms with Crippen molar-refractivity contribution < 1.29 is 9.47 Å². The molecule has 0 aliphatic rings. The Balaban J connectivity index is 1.83. The van der Waals surface area contributed by atoms with E-state index in [-0.39, 0.29) is 0 Å². The van der Waals surface area contributed by atoms with Crippen LogP contribution in [0.15, 0.2) is 59.1 Å². The summed E-state index contributed by atoms with van der Waals surface area (Å²) in [4.78, 5) is 0. The van der Waals surface area contributed by atoms with Crippen molar-refractivity contribution in [2.75, 3.05) is 12.4 Å². The normalized spacial score (nSPS) is 10.6. The van der Waals surface area contributed by atoms with Crippen LogP contribution in [0.5, 0.6) is 11.5 Å². The first-order valence-corrected chi connectivity index (χ1v) is 10.2. The van der Waals surface area contributed by atoms with Gasteiger partial charge >= 0.3 is 0 Å². The van der Waals surface area contributed by atoms with Crippen LogP contribution in [0.2, 0.25) is 5.02 Å². The van der Waals surface area contributed by atoms with Crippen molar-refractivity contribution in [3.8, 4) is 11.5 Å². The quantitative estimate of drug-likeness (QED) is 0.415. The average molecular weight is 461 g/mol. The number of methoxy groups -OCH3 is 1. The summed E-state index contributed by atoms with van der Waals surface area (Å²) in [6.07, 6.45) is 0. The number of hydrogen-bond donors (Lipinski definition) is 1. The molecule has 3 aromatic rings. The van der Waals surface area contributed by atoms with Crippen molar-refractivity contribution in [2.45, 2.75) is 27.0 Å². The number of rotatable bonds is 7. The molecular weight excluding hydrogens is 438 g/mol. The molecule has 0 amide bonds. The van der Waals surface area contributed by atoms with Crippen LogP contribution in [-0.4, -0.2) is 7.11 Å². The molecule has 0 aliphatic carbocycles. The highest BCUT2D eigenvalue weighted by molar-refractivity contribution is 9.10. The molecule has 28 heavy (non-hydrogen) atoms. The molecule has 3 aromatic carbocycles. The van der Waals surface area contributed by atoms with E-state index in [2.05, 4.69) is 46.4 Å². The Bertz CT molecular complexity index is 975. The molecule has 0 radical (unpaired) electrons. The zero-order valence-electron chi connectivity index (χ0n) is 16.2. The van der Waals surface area contributed by atoms with Crippen LogP contribution in [0.25, 0.3) is 0 Å². The maximum absolute atomic E-state index is 6.24. The van der Waals surface area contributed by atoms with E-state index in [0.717, 1.165) is 37.6 Å². The van der Waals surface area contributed by atoms with Gasteiger partial charge in [-0.25, -0.2) is 0 Å². The summed E-state index contributed by atoms with van der Waals surface area (Å²) in [5.74, 6) is 1.43. The van der Waals surface area contributed by atoms with Crippen LogP contribution in [0, 0.1) is 13.8 Å². The minimum atomic E-state index is 0.470. The molecule has 0 fully saturated rings. The Hall–Kier alpha value is -2.17. The molecule has 0 saturated carbocycles. The lowest BCUT2D eigenvalue weighted by Crippen LogP contribution is -2.06. The van der Waals surface area contributed by atoms with Gasteiger partial charge in [-0.2, -0.15) is 0 Å². The van der Waals surface area contributed by atoms with Crippen molar-refractivity contribution in [2.24, 2.45) is 0 Å². The van der Waals surface area contributed by atoms with E-state index in [1.54, 1.807) is 7.11 Å². The Morgan fingerprint density at radius 1 is 1.04 bits per heavy atom. The zero-order chi connectivity index (χ0) is 20.1. The standard InChI is InChI=1S/C23H23BrClNO2/c1-15-5-4-6-17(11-15)14-28-23-19(20(24)9-10-22(23)27-3)13-26-18-8-7-16(2)21(25)12-18/h4-12,26H,13-14H2,1-3H3. The molecule has 0 aliphatic heterocycles. The molecule has 0 unspecified atom stereocenters. The number of anilines is 1. The predicted octanol–water partition coefficient (Wildman–Crippen LogP) is 6.92. The van der Waals surface area contributed by atoms with Gasteiger partial charge in [-0.05, 0) is 49.2 Å². The molecule has 5 heteroatoms. The SMILES string of the molecule is COc1ccc(Br)c(CNc2ccc(C)c(Cl)c2)c1OCc1cccc(C)c1. The molecule has 0 atom stereocenters. The summed E-state index contributed by atoms with van der Waals surface area (Å²) in [5, 5.41) is 4.16. The van der Waals surface area contributed by atoms with Crippen LogP contribution >= 0.6 is 27.5 Å². The van der Waals surface area contributed by atoms with Gasteiger partial charge in [0.15, 0.2) is 11.5 Å². The first-order chi connectivity index (χ1) is 13.5. The second-order valence-electron chi connectivity index (χ2n) is 6.65. The van der Waals surface area contributed by atoms with E-state index in [1.165, 1.54) is 5.56 Å². The Labute approximate surface area is 179 Å². The molecule has 3 nitrogen and oxygen atoms in total. The molecule has 0 heterocycles. The predicted molar refractivity (Wildman–Crippen MR) is 120 cm³/mol. The van der Waals surface area contributed by atoms with Gasteiger partial charge in [0.1, 0.15) is 6.61 Å². The van der Waals surface area contributed by atoms with E-state index in [0.29, 0.717) is 18.9 Å². The Morgan fingerprint density at radius 3 is 2.57 bits per heavy atom.